The zero-order chi connectivity index (χ0) is 22.7. The Kier molecular flexibility index (Phi) is 6.30. The average molecular weight is 465 g/mol. The van der Waals surface area contributed by atoms with Gasteiger partial charge < -0.3 is 9.47 Å². The molecule has 0 atom stereocenters. The van der Waals surface area contributed by atoms with Gasteiger partial charge in [0, 0.05) is 26.9 Å². The van der Waals surface area contributed by atoms with Gasteiger partial charge in [0.2, 0.25) is 11.8 Å². The summed E-state index contributed by atoms with van der Waals surface area (Å²) in [5.74, 6) is 0.528. The SMILES string of the molecule is COc1nc(-c2csc(-c3cccc(-c4ccc(C=O)c(OC)n4)c3Cl)c2)ccc1C=O. The summed E-state index contributed by atoms with van der Waals surface area (Å²) in [6, 6.07) is 14.5. The normalized spacial score (nSPS) is 10.6. The Morgan fingerprint density at radius 2 is 1.44 bits per heavy atom. The lowest BCUT2D eigenvalue weighted by Crippen LogP contribution is -1.96. The Morgan fingerprint density at radius 3 is 2.06 bits per heavy atom. The lowest BCUT2D eigenvalue weighted by Gasteiger charge is -2.10. The molecule has 0 radical (unpaired) electrons. The zero-order valence-electron chi connectivity index (χ0n) is 17.2. The Hall–Kier alpha value is -3.55. The molecule has 0 fully saturated rings. The van der Waals surface area contributed by atoms with Crippen molar-refractivity contribution in [1.82, 2.24) is 9.97 Å². The number of methoxy groups -OCH3 is 2. The number of ether oxygens (including phenoxy) is 2. The summed E-state index contributed by atoms with van der Waals surface area (Å²) in [5, 5.41) is 2.51. The minimum atomic E-state index is 0.246. The van der Waals surface area contributed by atoms with E-state index in [0.717, 1.165) is 21.6 Å². The van der Waals surface area contributed by atoms with E-state index in [4.69, 9.17) is 21.1 Å². The molecule has 0 saturated carbocycles. The molecule has 3 heterocycles. The van der Waals surface area contributed by atoms with Gasteiger partial charge in [-0.15, -0.1) is 11.3 Å². The van der Waals surface area contributed by atoms with Gasteiger partial charge in [-0.25, -0.2) is 9.97 Å². The number of thiophene rings is 1. The molecule has 32 heavy (non-hydrogen) atoms. The van der Waals surface area contributed by atoms with Gasteiger partial charge in [0.1, 0.15) is 0 Å². The molecule has 0 spiro atoms. The van der Waals surface area contributed by atoms with E-state index in [1.165, 1.54) is 25.6 Å². The summed E-state index contributed by atoms with van der Waals surface area (Å²) in [5.41, 5.74) is 4.52. The number of nitrogens with zero attached hydrogens (tertiary/aromatic N) is 2. The predicted octanol–water partition coefficient (Wildman–Crippen LogP) is 5.83. The van der Waals surface area contributed by atoms with Crippen molar-refractivity contribution < 1.29 is 19.1 Å². The molecule has 0 aliphatic rings. The van der Waals surface area contributed by atoms with Gasteiger partial charge in [-0.2, -0.15) is 0 Å². The van der Waals surface area contributed by atoms with Crippen LogP contribution in [0.15, 0.2) is 53.9 Å². The van der Waals surface area contributed by atoms with Crippen molar-refractivity contribution in [3.05, 3.63) is 70.1 Å². The van der Waals surface area contributed by atoms with Crippen molar-refractivity contribution in [2.24, 2.45) is 0 Å². The van der Waals surface area contributed by atoms with E-state index in [2.05, 4.69) is 9.97 Å². The maximum Gasteiger partial charge on any atom is 0.224 e. The highest BCUT2D eigenvalue weighted by atomic mass is 35.5. The number of hydrogen-bond donors (Lipinski definition) is 0. The van der Waals surface area contributed by atoms with Gasteiger partial charge in [0.05, 0.1) is 41.8 Å². The molecule has 0 amide bonds. The number of aromatic nitrogens is 2. The first kappa shape index (κ1) is 21.7. The number of hydrogen-bond acceptors (Lipinski definition) is 7. The van der Waals surface area contributed by atoms with E-state index in [1.54, 1.807) is 24.3 Å². The fraction of sp³-hybridized carbons (Fsp3) is 0.0833. The monoisotopic (exact) mass is 464 g/mol. The van der Waals surface area contributed by atoms with E-state index >= 15 is 0 Å². The van der Waals surface area contributed by atoms with E-state index < -0.39 is 0 Å². The number of carbonyl (C=O) groups is 2. The van der Waals surface area contributed by atoms with Gasteiger partial charge in [-0.3, -0.25) is 9.59 Å². The molecule has 8 heteroatoms. The van der Waals surface area contributed by atoms with Crippen molar-refractivity contribution >= 4 is 35.5 Å². The first-order valence-corrected chi connectivity index (χ1v) is 10.7. The second-order valence-corrected chi connectivity index (χ2v) is 7.98. The van der Waals surface area contributed by atoms with Crippen LogP contribution in [0.2, 0.25) is 5.02 Å². The summed E-state index contributed by atoms with van der Waals surface area (Å²) in [4.78, 5) is 32.1. The highest BCUT2D eigenvalue weighted by Gasteiger charge is 2.16. The van der Waals surface area contributed by atoms with Crippen molar-refractivity contribution in [3.63, 3.8) is 0 Å². The predicted molar refractivity (Wildman–Crippen MR) is 125 cm³/mol. The van der Waals surface area contributed by atoms with Crippen molar-refractivity contribution in [2.75, 3.05) is 14.2 Å². The first-order valence-electron chi connectivity index (χ1n) is 9.48. The Morgan fingerprint density at radius 1 is 0.844 bits per heavy atom. The zero-order valence-corrected chi connectivity index (χ0v) is 18.7. The van der Waals surface area contributed by atoms with Crippen LogP contribution in [0.5, 0.6) is 11.8 Å². The summed E-state index contributed by atoms with van der Waals surface area (Å²) < 4.78 is 10.4. The molecule has 4 rings (SSSR count). The van der Waals surface area contributed by atoms with Crippen LogP contribution in [0.4, 0.5) is 0 Å². The third kappa shape index (κ3) is 4.00. The molecule has 0 aliphatic heterocycles. The summed E-state index contributed by atoms with van der Waals surface area (Å²) >= 11 is 8.30. The largest absolute Gasteiger partial charge is 0.480 e. The Labute approximate surface area is 193 Å². The van der Waals surface area contributed by atoms with Crippen LogP contribution in [0.3, 0.4) is 0 Å². The molecule has 0 bridgehead atoms. The van der Waals surface area contributed by atoms with Crippen molar-refractivity contribution in [3.8, 4) is 44.7 Å². The number of pyridine rings is 2. The van der Waals surface area contributed by atoms with E-state index in [0.29, 0.717) is 40.1 Å². The molecule has 6 nitrogen and oxygen atoms in total. The molecule has 0 unspecified atom stereocenters. The average Bonchev–Trinajstić information content (AvgIpc) is 3.33. The van der Waals surface area contributed by atoms with E-state index in [1.807, 2.05) is 29.6 Å². The van der Waals surface area contributed by atoms with Crippen LogP contribution in [-0.2, 0) is 0 Å². The van der Waals surface area contributed by atoms with Gasteiger partial charge in [-0.1, -0.05) is 29.8 Å². The molecule has 0 N–H and O–H groups in total. The summed E-state index contributed by atoms with van der Waals surface area (Å²) in [6.45, 7) is 0. The van der Waals surface area contributed by atoms with Crippen LogP contribution in [-0.4, -0.2) is 36.8 Å². The van der Waals surface area contributed by atoms with Crippen molar-refractivity contribution in [1.29, 1.82) is 0 Å². The molecule has 4 aromatic rings. The van der Waals surface area contributed by atoms with Gasteiger partial charge in [0.25, 0.3) is 0 Å². The summed E-state index contributed by atoms with van der Waals surface area (Å²) in [6.07, 6.45) is 1.41. The molecule has 0 aliphatic carbocycles. The maximum absolute atomic E-state index is 11.2. The first-order chi connectivity index (χ1) is 15.6. The number of aldehydes is 2. The smallest absolute Gasteiger partial charge is 0.224 e. The third-order valence-corrected chi connectivity index (χ3v) is 6.23. The molecule has 1 aromatic carbocycles. The van der Waals surface area contributed by atoms with Crippen molar-refractivity contribution in [2.45, 2.75) is 0 Å². The Balaban J connectivity index is 1.73. The lowest BCUT2D eigenvalue weighted by atomic mass is 10.0. The number of carbonyl (C=O) groups excluding carboxylic acids is 2. The fourth-order valence-electron chi connectivity index (χ4n) is 3.25. The third-order valence-electron chi connectivity index (χ3n) is 4.86. The minimum Gasteiger partial charge on any atom is -0.480 e. The highest BCUT2D eigenvalue weighted by molar-refractivity contribution is 7.14. The highest BCUT2D eigenvalue weighted by Crippen LogP contribution is 2.40. The molecular weight excluding hydrogens is 448 g/mol. The van der Waals surface area contributed by atoms with Crippen LogP contribution in [0, 0.1) is 0 Å². The van der Waals surface area contributed by atoms with Crippen LogP contribution >= 0.6 is 22.9 Å². The van der Waals surface area contributed by atoms with Crippen LogP contribution in [0.1, 0.15) is 20.7 Å². The Bertz CT molecular complexity index is 1320. The number of halogens is 1. The van der Waals surface area contributed by atoms with E-state index in [9.17, 15) is 9.59 Å². The standard InChI is InChI=1S/C24H17ClN2O4S/c1-30-23-14(11-28)6-8-19(26-23)16-10-21(32-13-16)18-5-3-4-17(22(18)25)20-9-7-15(12-29)24(27-20)31-2/h3-13H,1-2H3. The van der Waals surface area contributed by atoms with Crippen LogP contribution in [0.25, 0.3) is 33.0 Å². The second-order valence-electron chi connectivity index (χ2n) is 6.69. The minimum absolute atomic E-state index is 0.246. The van der Waals surface area contributed by atoms with Crippen LogP contribution < -0.4 is 9.47 Å². The lowest BCUT2D eigenvalue weighted by molar-refractivity contribution is 0.111. The summed E-state index contributed by atoms with van der Waals surface area (Å²) in [7, 11) is 2.95. The molecule has 160 valence electrons. The maximum atomic E-state index is 11.2. The van der Waals surface area contributed by atoms with Gasteiger partial charge >= 0.3 is 0 Å². The van der Waals surface area contributed by atoms with Gasteiger partial charge in [-0.05, 0) is 30.3 Å². The van der Waals surface area contributed by atoms with Gasteiger partial charge in [0.15, 0.2) is 12.6 Å². The molecule has 3 aromatic heterocycles. The molecular formula is C24H17ClN2O4S. The fourth-order valence-corrected chi connectivity index (χ4v) is 4.57. The van der Waals surface area contributed by atoms with E-state index in [-0.39, 0.29) is 11.8 Å². The quantitative estimate of drug-likeness (QED) is 0.320. The number of benzene rings is 1. The number of rotatable bonds is 7. The topological polar surface area (TPSA) is 78.4 Å². The molecule has 0 saturated heterocycles. The second kappa shape index (κ2) is 9.30.